The molecule has 0 aliphatic rings. The molecule has 0 aliphatic heterocycles. The lowest BCUT2D eigenvalue weighted by atomic mass is 10.1. The molecule has 6 heteroatoms. The van der Waals surface area contributed by atoms with E-state index in [2.05, 4.69) is 4.98 Å². The highest BCUT2D eigenvalue weighted by atomic mass is 35.5. The number of nitrogens with zero attached hydrogens (tertiary/aromatic N) is 2. The van der Waals surface area contributed by atoms with E-state index in [1.54, 1.807) is 24.5 Å². The fraction of sp³-hybridized carbons (Fsp3) is 0. The third kappa shape index (κ3) is 3.07. The van der Waals surface area contributed by atoms with E-state index in [-0.39, 0.29) is 16.3 Å². The van der Waals surface area contributed by atoms with Gasteiger partial charge in [-0.1, -0.05) is 23.7 Å². The Balaban J connectivity index is 2.35. The fourth-order valence-corrected chi connectivity index (χ4v) is 1.90. The summed E-state index contributed by atoms with van der Waals surface area (Å²) in [6.45, 7) is 0. The van der Waals surface area contributed by atoms with Crippen molar-refractivity contribution in [1.29, 1.82) is 0 Å². The van der Waals surface area contributed by atoms with Gasteiger partial charge in [-0.05, 0) is 29.8 Å². The average Bonchev–Trinajstić information content (AvgIpc) is 2.45. The first-order valence-corrected chi connectivity index (χ1v) is 6.02. The van der Waals surface area contributed by atoms with E-state index in [9.17, 15) is 14.9 Å². The van der Waals surface area contributed by atoms with Gasteiger partial charge in [0.25, 0.3) is 5.69 Å². The molecular weight excluding hydrogens is 280 g/mol. The van der Waals surface area contributed by atoms with Gasteiger partial charge in [-0.3, -0.25) is 19.9 Å². The summed E-state index contributed by atoms with van der Waals surface area (Å²) in [6.07, 6.45) is 5.95. The first-order chi connectivity index (χ1) is 9.59. The number of benzene rings is 1. The fourth-order valence-electron chi connectivity index (χ4n) is 1.64. The maximum atomic E-state index is 12.1. The molecule has 0 fully saturated rings. The standard InChI is InChI=1S/C14H9ClN2O3/c15-11-4-1-5-12(17(19)20)14(11)13(18)7-6-10-3-2-8-16-9-10/h1-9H. The lowest BCUT2D eigenvalue weighted by Crippen LogP contribution is -2.02. The molecule has 0 saturated heterocycles. The zero-order valence-corrected chi connectivity index (χ0v) is 10.9. The number of pyridine rings is 1. The molecule has 1 aromatic heterocycles. The van der Waals surface area contributed by atoms with Crippen molar-refractivity contribution < 1.29 is 9.72 Å². The number of ketones is 1. The average molecular weight is 289 g/mol. The monoisotopic (exact) mass is 288 g/mol. The van der Waals surface area contributed by atoms with Crippen molar-refractivity contribution in [2.75, 3.05) is 0 Å². The van der Waals surface area contributed by atoms with Gasteiger partial charge >= 0.3 is 0 Å². The van der Waals surface area contributed by atoms with Crippen LogP contribution >= 0.6 is 11.6 Å². The van der Waals surface area contributed by atoms with Gasteiger partial charge in [0, 0.05) is 18.5 Å². The number of hydrogen-bond acceptors (Lipinski definition) is 4. The van der Waals surface area contributed by atoms with E-state index in [1.165, 1.54) is 30.4 Å². The second-order valence-corrected chi connectivity index (χ2v) is 4.28. The number of carbonyl (C=O) groups is 1. The first kappa shape index (κ1) is 13.9. The quantitative estimate of drug-likeness (QED) is 0.373. The van der Waals surface area contributed by atoms with E-state index in [0.29, 0.717) is 0 Å². The molecule has 0 bridgehead atoms. The molecule has 0 unspecified atom stereocenters. The summed E-state index contributed by atoms with van der Waals surface area (Å²) < 4.78 is 0. The van der Waals surface area contributed by atoms with Crippen LogP contribution in [0.5, 0.6) is 0 Å². The van der Waals surface area contributed by atoms with E-state index < -0.39 is 10.7 Å². The number of hydrogen-bond donors (Lipinski definition) is 0. The van der Waals surface area contributed by atoms with Crippen molar-refractivity contribution in [1.82, 2.24) is 4.98 Å². The van der Waals surface area contributed by atoms with Crippen LogP contribution in [0.15, 0.2) is 48.8 Å². The zero-order chi connectivity index (χ0) is 14.5. The summed E-state index contributed by atoms with van der Waals surface area (Å²) in [5.74, 6) is -0.522. The number of rotatable bonds is 4. The highest BCUT2D eigenvalue weighted by molar-refractivity contribution is 6.35. The van der Waals surface area contributed by atoms with Crippen molar-refractivity contribution in [3.05, 3.63) is 75.1 Å². The number of nitro groups is 1. The first-order valence-electron chi connectivity index (χ1n) is 5.65. The molecule has 2 aromatic rings. The molecule has 1 aromatic carbocycles. The van der Waals surface area contributed by atoms with Gasteiger partial charge in [-0.2, -0.15) is 0 Å². The highest BCUT2D eigenvalue weighted by Crippen LogP contribution is 2.27. The molecule has 0 N–H and O–H groups in total. The molecule has 2 rings (SSSR count). The predicted molar refractivity (Wildman–Crippen MR) is 75.7 cm³/mol. The molecule has 0 atom stereocenters. The van der Waals surface area contributed by atoms with Crippen molar-refractivity contribution in [2.45, 2.75) is 0 Å². The van der Waals surface area contributed by atoms with Gasteiger partial charge in [0.2, 0.25) is 0 Å². The third-order valence-electron chi connectivity index (χ3n) is 2.55. The van der Waals surface area contributed by atoms with Crippen LogP contribution in [-0.4, -0.2) is 15.7 Å². The van der Waals surface area contributed by atoms with Gasteiger partial charge in [-0.25, -0.2) is 0 Å². The Kier molecular flexibility index (Phi) is 4.22. The van der Waals surface area contributed by atoms with Crippen LogP contribution in [0.3, 0.4) is 0 Å². The van der Waals surface area contributed by atoms with Crippen molar-refractivity contribution >= 4 is 29.1 Å². The lowest BCUT2D eigenvalue weighted by molar-refractivity contribution is -0.385. The molecule has 0 saturated carbocycles. The van der Waals surface area contributed by atoms with Gasteiger partial charge in [0.1, 0.15) is 5.56 Å². The predicted octanol–water partition coefficient (Wildman–Crippen LogP) is 3.54. The van der Waals surface area contributed by atoms with Gasteiger partial charge < -0.3 is 0 Å². The normalized spacial score (nSPS) is 10.7. The Morgan fingerprint density at radius 2 is 2.10 bits per heavy atom. The van der Waals surface area contributed by atoms with Crippen LogP contribution in [0.2, 0.25) is 5.02 Å². The molecule has 5 nitrogen and oxygen atoms in total. The number of carbonyl (C=O) groups excluding carboxylic acids is 1. The number of halogens is 1. The minimum atomic E-state index is -0.628. The Morgan fingerprint density at radius 1 is 1.30 bits per heavy atom. The smallest absolute Gasteiger partial charge is 0.282 e. The maximum Gasteiger partial charge on any atom is 0.282 e. The van der Waals surface area contributed by atoms with Crippen molar-refractivity contribution in [3.63, 3.8) is 0 Å². The zero-order valence-electron chi connectivity index (χ0n) is 10.2. The number of nitro benzene ring substituents is 1. The van der Waals surface area contributed by atoms with Gasteiger partial charge in [0.05, 0.1) is 9.95 Å². The van der Waals surface area contributed by atoms with Crippen LogP contribution in [0, 0.1) is 10.1 Å². The summed E-state index contributed by atoms with van der Waals surface area (Å²) in [5.41, 5.74) is 0.299. The molecule has 100 valence electrons. The molecular formula is C14H9ClN2O3. The minimum absolute atomic E-state index is 0.0556. The molecule has 0 aliphatic carbocycles. The van der Waals surface area contributed by atoms with Crippen LogP contribution < -0.4 is 0 Å². The molecule has 0 spiro atoms. The topological polar surface area (TPSA) is 73.1 Å². The SMILES string of the molecule is O=C(C=Cc1cccnc1)c1c(Cl)cccc1[N+](=O)[O-]. The van der Waals surface area contributed by atoms with E-state index in [4.69, 9.17) is 11.6 Å². The second kappa shape index (κ2) is 6.08. The van der Waals surface area contributed by atoms with Crippen molar-refractivity contribution in [2.24, 2.45) is 0 Å². The highest BCUT2D eigenvalue weighted by Gasteiger charge is 2.21. The number of allylic oxidation sites excluding steroid dienone is 1. The van der Waals surface area contributed by atoms with E-state index in [0.717, 1.165) is 5.56 Å². The Morgan fingerprint density at radius 3 is 2.75 bits per heavy atom. The van der Waals surface area contributed by atoms with E-state index >= 15 is 0 Å². The maximum absolute atomic E-state index is 12.1. The Bertz CT molecular complexity index is 684. The van der Waals surface area contributed by atoms with Crippen LogP contribution in [0.25, 0.3) is 6.08 Å². The van der Waals surface area contributed by atoms with Crippen molar-refractivity contribution in [3.8, 4) is 0 Å². The Labute approximate surface area is 119 Å². The Hall–Kier alpha value is -2.53. The molecule has 0 radical (unpaired) electrons. The van der Waals surface area contributed by atoms with Gasteiger partial charge in [0.15, 0.2) is 5.78 Å². The lowest BCUT2D eigenvalue weighted by Gasteiger charge is -2.01. The van der Waals surface area contributed by atoms with Crippen LogP contribution in [0.1, 0.15) is 15.9 Å². The molecule has 0 amide bonds. The largest absolute Gasteiger partial charge is 0.289 e. The van der Waals surface area contributed by atoms with Crippen LogP contribution in [-0.2, 0) is 0 Å². The third-order valence-corrected chi connectivity index (χ3v) is 2.86. The molecule has 20 heavy (non-hydrogen) atoms. The number of aromatic nitrogens is 1. The summed E-state index contributed by atoms with van der Waals surface area (Å²) >= 11 is 5.88. The summed E-state index contributed by atoms with van der Waals surface area (Å²) in [6, 6.07) is 7.61. The van der Waals surface area contributed by atoms with E-state index in [1.807, 2.05) is 0 Å². The second-order valence-electron chi connectivity index (χ2n) is 3.88. The van der Waals surface area contributed by atoms with Gasteiger partial charge in [-0.15, -0.1) is 0 Å². The summed E-state index contributed by atoms with van der Waals surface area (Å²) in [4.78, 5) is 26.3. The minimum Gasteiger partial charge on any atom is -0.289 e. The summed E-state index contributed by atoms with van der Waals surface area (Å²) in [5, 5.41) is 11.0. The molecule has 1 heterocycles. The summed E-state index contributed by atoms with van der Waals surface area (Å²) in [7, 11) is 0. The van der Waals surface area contributed by atoms with Crippen LogP contribution in [0.4, 0.5) is 5.69 Å².